The number of carbonyl (C=O) groups is 2. The van der Waals surface area contributed by atoms with Crippen LogP contribution in [0.1, 0.15) is 48.8 Å². The van der Waals surface area contributed by atoms with E-state index in [0.29, 0.717) is 35.7 Å². The Labute approximate surface area is 217 Å². The van der Waals surface area contributed by atoms with Crippen LogP contribution >= 0.6 is 0 Å². The van der Waals surface area contributed by atoms with Gasteiger partial charge >= 0.3 is 6.18 Å². The van der Waals surface area contributed by atoms with E-state index in [2.05, 4.69) is 20.4 Å². The lowest BCUT2D eigenvalue weighted by Gasteiger charge is -2.44. The maximum Gasteiger partial charge on any atom is 0.408 e. The number of nitrogens with zero attached hydrogens (tertiary/aromatic N) is 6. The highest BCUT2D eigenvalue weighted by atomic mass is 19.4. The van der Waals surface area contributed by atoms with Crippen LogP contribution < -0.4 is 10.2 Å². The minimum Gasteiger partial charge on any atom is -0.319 e. The van der Waals surface area contributed by atoms with Crippen molar-refractivity contribution in [1.29, 1.82) is 0 Å². The molecule has 5 rings (SSSR count). The van der Waals surface area contributed by atoms with Crippen LogP contribution in [0.4, 0.5) is 24.5 Å². The molecule has 1 aliphatic carbocycles. The average Bonchev–Trinajstić information content (AvgIpc) is 3.60. The number of rotatable bonds is 6. The predicted molar refractivity (Wildman–Crippen MR) is 135 cm³/mol. The van der Waals surface area contributed by atoms with E-state index in [-0.39, 0.29) is 17.5 Å². The van der Waals surface area contributed by atoms with Crippen molar-refractivity contribution in [2.24, 2.45) is 0 Å². The van der Waals surface area contributed by atoms with Crippen molar-refractivity contribution in [3.05, 3.63) is 54.2 Å². The number of hydrogen-bond acceptors (Lipinski definition) is 6. The SMILES string of the molecule is CN1CCN(c2cnc(C3CC3)c(NC(=O)c3cccc(-c4cnn(CC(F)(F)F)c4)n3)c2)C(=O)C1(C)C. The van der Waals surface area contributed by atoms with Gasteiger partial charge in [-0.2, -0.15) is 18.3 Å². The van der Waals surface area contributed by atoms with Crippen LogP contribution in [-0.4, -0.2) is 68.3 Å². The third-order valence-electron chi connectivity index (χ3n) is 7.06. The summed E-state index contributed by atoms with van der Waals surface area (Å²) in [5, 5.41) is 6.65. The zero-order valence-corrected chi connectivity index (χ0v) is 21.3. The van der Waals surface area contributed by atoms with Crippen LogP contribution in [-0.2, 0) is 11.3 Å². The van der Waals surface area contributed by atoms with E-state index in [1.807, 2.05) is 25.8 Å². The number of nitrogens with one attached hydrogen (secondary N) is 1. The molecule has 1 aliphatic heterocycles. The summed E-state index contributed by atoms with van der Waals surface area (Å²) in [6.45, 7) is 3.74. The van der Waals surface area contributed by atoms with Gasteiger partial charge in [-0.05, 0) is 51.9 Å². The fraction of sp³-hybridized carbons (Fsp3) is 0.423. The first kappa shape index (κ1) is 25.8. The van der Waals surface area contributed by atoms with Gasteiger partial charge in [0.2, 0.25) is 5.91 Å². The highest BCUT2D eigenvalue weighted by molar-refractivity contribution is 6.05. The van der Waals surface area contributed by atoms with E-state index < -0.39 is 24.2 Å². The molecule has 0 radical (unpaired) electrons. The van der Waals surface area contributed by atoms with Gasteiger partial charge in [0.1, 0.15) is 12.2 Å². The molecule has 0 spiro atoms. The first-order chi connectivity index (χ1) is 17.9. The smallest absolute Gasteiger partial charge is 0.319 e. The number of piperazine rings is 1. The number of pyridine rings is 2. The zero-order valence-electron chi connectivity index (χ0n) is 21.3. The maximum absolute atomic E-state index is 13.2. The molecule has 2 aliphatic rings. The molecular formula is C26H28F3N7O2. The Balaban J connectivity index is 1.39. The molecule has 0 aromatic carbocycles. The monoisotopic (exact) mass is 527 g/mol. The number of hydrogen-bond donors (Lipinski definition) is 1. The Kier molecular flexibility index (Phi) is 6.46. The van der Waals surface area contributed by atoms with Crippen LogP contribution in [0.2, 0.25) is 0 Å². The van der Waals surface area contributed by atoms with Crippen LogP contribution in [0.15, 0.2) is 42.9 Å². The number of aromatic nitrogens is 4. The van der Waals surface area contributed by atoms with Gasteiger partial charge in [-0.1, -0.05) is 6.07 Å². The molecule has 9 nitrogen and oxygen atoms in total. The molecule has 38 heavy (non-hydrogen) atoms. The van der Waals surface area contributed by atoms with Crippen molar-refractivity contribution in [3.8, 4) is 11.3 Å². The second-order valence-corrected chi connectivity index (χ2v) is 10.2. The number of carbonyl (C=O) groups excluding carboxylic acids is 2. The predicted octanol–water partition coefficient (Wildman–Crippen LogP) is 4.09. The van der Waals surface area contributed by atoms with E-state index in [1.54, 1.807) is 29.3 Å². The van der Waals surface area contributed by atoms with Gasteiger partial charge in [0.25, 0.3) is 5.91 Å². The fourth-order valence-corrected chi connectivity index (χ4v) is 4.44. The molecule has 0 atom stereocenters. The van der Waals surface area contributed by atoms with Gasteiger partial charge in [-0.15, -0.1) is 0 Å². The molecule has 200 valence electrons. The molecule has 2 amide bonds. The summed E-state index contributed by atoms with van der Waals surface area (Å²) in [6, 6.07) is 6.52. The number of anilines is 2. The van der Waals surface area contributed by atoms with Gasteiger partial charge in [-0.25, -0.2) is 4.98 Å². The molecule has 3 aromatic heterocycles. The van der Waals surface area contributed by atoms with Crippen molar-refractivity contribution >= 4 is 23.2 Å². The van der Waals surface area contributed by atoms with Gasteiger partial charge < -0.3 is 10.2 Å². The Bertz CT molecular complexity index is 1380. The number of alkyl halides is 3. The summed E-state index contributed by atoms with van der Waals surface area (Å²) in [4.78, 5) is 39.1. The maximum atomic E-state index is 13.2. The molecule has 0 unspecified atom stereocenters. The molecule has 2 fully saturated rings. The Morgan fingerprint density at radius 3 is 2.66 bits per heavy atom. The Hall–Kier alpha value is -3.80. The average molecular weight is 528 g/mol. The van der Waals surface area contributed by atoms with E-state index in [1.165, 1.54) is 18.5 Å². The molecule has 12 heteroatoms. The molecule has 0 bridgehead atoms. The lowest BCUT2D eigenvalue weighted by molar-refractivity contribution is -0.142. The Morgan fingerprint density at radius 1 is 1.18 bits per heavy atom. The molecular weight excluding hydrogens is 499 g/mol. The number of likely N-dealkylation sites (N-methyl/N-ethyl adjacent to an activating group) is 1. The van der Waals surface area contributed by atoms with E-state index in [0.717, 1.165) is 23.2 Å². The lowest BCUT2D eigenvalue weighted by atomic mass is 9.98. The summed E-state index contributed by atoms with van der Waals surface area (Å²) in [7, 11) is 1.91. The first-order valence-corrected chi connectivity index (χ1v) is 12.3. The summed E-state index contributed by atoms with van der Waals surface area (Å²) < 4.78 is 38.8. The van der Waals surface area contributed by atoms with E-state index in [4.69, 9.17) is 0 Å². The molecule has 4 heterocycles. The van der Waals surface area contributed by atoms with Gasteiger partial charge in [0.05, 0.1) is 40.7 Å². The summed E-state index contributed by atoms with van der Waals surface area (Å²) >= 11 is 0. The minimum absolute atomic E-state index is 0.0510. The summed E-state index contributed by atoms with van der Waals surface area (Å²) in [6.07, 6.45) is 1.73. The second kappa shape index (κ2) is 9.50. The molecule has 1 saturated carbocycles. The largest absolute Gasteiger partial charge is 0.408 e. The van der Waals surface area contributed by atoms with Crippen molar-refractivity contribution in [3.63, 3.8) is 0 Å². The van der Waals surface area contributed by atoms with Crippen molar-refractivity contribution in [2.75, 3.05) is 30.4 Å². The Morgan fingerprint density at radius 2 is 1.95 bits per heavy atom. The third kappa shape index (κ3) is 5.26. The number of halogens is 3. The molecule has 3 aromatic rings. The topological polar surface area (TPSA) is 96.2 Å². The quantitative estimate of drug-likeness (QED) is 0.519. The highest BCUT2D eigenvalue weighted by Gasteiger charge is 2.41. The van der Waals surface area contributed by atoms with Crippen LogP contribution in [0.3, 0.4) is 0 Å². The fourth-order valence-electron chi connectivity index (χ4n) is 4.44. The van der Waals surface area contributed by atoms with Crippen LogP contribution in [0.25, 0.3) is 11.3 Å². The van der Waals surface area contributed by atoms with Gasteiger partial charge in [0.15, 0.2) is 0 Å². The second-order valence-electron chi connectivity index (χ2n) is 10.2. The van der Waals surface area contributed by atoms with Gasteiger partial charge in [0, 0.05) is 30.8 Å². The summed E-state index contributed by atoms with van der Waals surface area (Å²) in [5.74, 6) is -0.303. The van der Waals surface area contributed by atoms with E-state index in [9.17, 15) is 22.8 Å². The normalized spacial score (nSPS) is 18.1. The minimum atomic E-state index is -4.40. The zero-order chi connectivity index (χ0) is 27.2. The van der Waals surface area contributed by atoms with Crippen LogP contribution in [0, 0.1) is 0 Å². The van der Waals surface area contributed by atoms with E-state index >= 15 is 0 Å². The van der Waals surface area contributed by atoms with Crippen molar-refractivity contribution < 1.29 is 22.8 Å². The van der Waals surface area contributed by atoms with Crippen molar-refractivity contribution in [2.45, 2.75) is 50.9 Å². The summed E-state index contributed by atoms with van der Waals surface area (Å²) in [5.41, 5.74) is 1.99. The highest BCUT2D eigenvalue weighted by Crippen LogP contribution is 2.43. The van der Waals surface area contributed by atoms with Crippen LogP contribution in [0.5, 0.6) is 0 Å². The number of amides is 2. The third-order valence-corrected chi connectivity index (χ3v) is 7.06. The lowest BCUT2D eigenvalue weighted by Crippen LogP contribution is -2.61. The van der Waals surface area contributed by atoms with Gasteiger partial charge in [-0.3, -0.25) is 24.2 Å². The first-order valence-electron chi connectivity index (χ1n) is 12.3. The standard InChI is InChI=1S/C26H28F3N7O2/c1-25(2)24(38)36(10-9-34(25)3)18-11-21(22(30-13-18)16-7-8-16)33-23(37)20-6-4-5-19(32-20)17-12-31-35(14-17)15-26(27,28)29/h4-6,11-14,16H,7-10,15H2,1-3H3,(H,33,37). The molecule has 1 N–H and O–H groups in total. The van der Waals surface area contributed by atoms with Crippen molar-refractivity contribution in [1.82, 2.24) is 24.6 Å². The molecule has 1 saturated heterocycles.